The van der Waals surface area contributed by atoms with Gasteiger partial charge in [0.25, 0.3) is 5.91 Å². The molecule has 1 aliphatic carbocycles. The number of carbonyl (C=O) groups excluding carboxylic acids is 1. The standard InChI is InChI=1S/C25H23F3N4O2/c1-14-4-3-9-29-22(14)23-18(7-5-15(2)31-23)24(33)32-13-16-10-19(32)20(11-16)34-21-8-6-17(12-30-21)25(26,27)28/h3-9,12,16,19-20H,10-11,13H2,1-2H3/t16-,19+,20-/m1/s1. The van der Waals surface area contributed by atoms with Gasteiger partial charge in [0, 0.05) is 30.7 Å². The Labute approximate surface area is 194 Å². The van der Waals surface area contributed by atoms with Crippen molar-refractivity contribution in [2.24, 2.45) is 5.92 Å². The SMILES string of the molecule is Cc1ccc(C(=O)N2C[C@H]3C[C@@H](Oc4ccc(C(F)(F)F)cn4)[C@@H]2C3)c(-c2ncccc2C)n1. The second kappa shape index (κ2) is 8.38. The van der Waals surface area contributed by atoms with Crippen molar-refractivity contribution in [3.8, 4) is 17.3 Å². The Hall–Kier alpha value is -3.49. The number of amides is 1. The molecule has 1 amide bonds. The van der Waals surface area contributed by atoms with Crippen LogP contribution in [-0.2, 0) is 6.18 Å². The second-order valence-corrected chi connectivity index (χ2v) is 8.92. The van der Waals surface area contributed by atoms with Crippen LogP contribution in [0.1, 0.15) is 40.0 Å². The number of hydrogen-bond acceptors (Lipinski definition) is 5. The topological polar surface area (TPSA) is 68.2 Å². The summed E-state index contributed by atoms with van der Waals surface area (Å²) in [5.41, 5.74) is 2.58. The van der Waals surface area contributed by atoms with E-state index in [1.165, 1.54) is 6.07 Å². The monoisotopic (exact) mass is 468 g/mol. The molecule has 3 aromatic heterocycles. The van der Waals surface area contributed by atoms with Gasteiger partial charge in [-0.1, -0.05) is 6.07 Å². The van der Waals surface area contributed by atoms with E-state index in [-0.39, 0.29) is 29.9 Å². The molecule has 0 spiro atoms. The van der Waals surface area contributed by atoms with E-state index >= 15 is 0 Å². The number of rotatable bonds is 4. The van der Waals surface area contributed by atoms with Crippen molar-refractivity contribution in [1.82, 2.24) is 19.9 Å². The minimum atomic E-state index is -4.45. The maximum atomic E-state index is 13.7. The van der Waals surface area contributed by atoms with Crippen molar-refractivity contribution in [2.75, 3.05) is 6.54 Å². The summed E-state index contributed by atoms with van der Waals surface area (Å²) in [6.07, 6.45) is -0.814. The molecular weight excluding hydrogens is 445 g/mol. The lowest BCUT2D eigenvalue weighted by atomic mass is 10.0. The molecule has 2 fully saturated rings. The predicted octanol–water partition coefficient (Wildman–Crippen LogP) is 4.86. The van der Waals surface area contributed by atoms with Crippen molar-refractivity contribution in [3.05, 3.63) is 71.2 Å². The van der Waals surface area contributed by atoms with Crippen LogP contribution < -0.4 is 4.74 Å². The Morgan fingerprint density at radius 1 is 1.06 bits per heavy atom. The molecule has 5 rings (SSSR count). The molecule has 3 aromatic rings. The summed E-state index contributed by atoms with van der Waals surface area (Å²) in [5.74, 6) is 0.250. The molecule has 1 saturated heterocycles. The maximum absolute atomic E-state index is 13.7. The molecule has 0 aromatic carbocycles. The Balaban J connectivity index is 1.39. The number of nitrogens with zero attached hydrogens (tertiary/aromatic N) is 4. The van der Waals surface area contributed by atoms with E-state index < -0.39 is 11.7 Å². The van der Waals surface area contributed by atoms with Gasteiger partial charge in [-0.3, -0.25) is 14.8 Å². The highest BCUT2D eigenvalue weighted by molar-refractivity contribution is 6.00. The predicted molar refractivity (Wildman–Crippen MR) is 118 cm³/mol. The Bertz CT molecular complexity index is 1230. The van der Waals surface area contributed by atoms with Crippen LogP contribution in [0, 0.1) is 19.8 Å². The number of fused-ring (bicyclic) bond motifs is 2. The van der Waals surface area contributed by atoms with Gasteiger partial charge in [0.1, 0.15) is 11.8 Å². The summed E-state index contributed by atoms with van der Waals surface area (Å²) in [5, 5.41) is 0. The van der Waals surface area contributed by atoms with Gasteiger partial charge >= 0.3 is 6.18 Å². The van der Waals surface area contributed by atoms with Crippen LogP contribution in [0.5, 0.6) is 5.88 Å². The Kier molecular flexibility index (Phi) is 5.50. The highest BCUT2D eigenvalue weighted by Crippen LogP contribution is 2.41. The fourth-order valence-corrected chi connectivity index (χ4v) is 4.90. The lowest BCUT2D eigenvalue weighted by molar-refractivity contribution is -0.137. The number of ether oxygens (including phenoxy) is 1. The van der Waals surface area contributed by atoms with Crippen LogP contribution in [0.4, 0.5) is 13.2 Å². The van der Waals surface area contributed by atoms with E-state index in [2.05, 4.69) is 15.0 Å². The molecule has 176 valence electrons. The molecule has 1 aliphatic heterocycles. The minimum absolute atomic E-state index is 0.125. The summed E-state index contributed by atoms with van der Waals surface area (Å²) in [4.78, 5) is 28.4. The molecular formula is C25H23F3N4O2. The second-order valence-electron chi connectivity index (χ2n) is 8.92. The van der Waals surface area contributed by atoms with Gasteiger partial charge in [-0.15, -0.1) is 0 Å². The fraction of sp³-hybridized carbons (Fsp3) is 0.360. The summed E-state index contributed by atoms with van der Waals surface area (Å²) in [7, 11) is 0. The van der Waals surface area contributed by atoms with Gasteiger partial charge in [0.15, 0.2) is 0 Å². The van der Waals surface area contributed by atoms with Crippen LogP contribution in [0.25, 0.3) is 11.4 Å². The molecule has 1 saturated carbocycles. The number of aryl methyl sites for hydroxylation is 2. The van der Waals surface area contributed by atoms with E-state index in [4.69, 9.17) is 4.74 Å². The molecule has 9 heteroatoms. The third kappa shape index (κ3) is 4.10. The maximum Gasteiger partial charge on any atom is 0.417 e. The Morgan fingerprint density at radius 3 is 2.56 bits per heavy atom. The quantitative estimate of drug-likeness (QED) is 0.547. The van der Waals surface area contributed by atoms with Crippen LogP contribution in [0.3, 0.4) is 0 Å². The van der Waals surface area contributed by atoms with Crippen molar-refractivity contribution >= 4 is 5.91 Å². The van der Waals surface area contributed by atoms with Crippen molar-refractivity contribution in [1.29, 1.82) is 0 Å². The van der Waals surface area contributed by atoms with Crippen LogP contribution >= 0.6 is 0 Å². The number of halogens is 3. The molecule has 4 heterocycles. The van der Waals surface area contributed by atoms with E-state index in [1.54, 1.807) is 17.2 Å². The molecule has 0 unspecified atom stereocenters. The first-order valence-electron chi connectivity index (χ1n) is 11.1. The van der Waals surface area contributed by atoms with Crippen LogP contribution in [-0.4, -0.2) is 44.4 Å². The first-order chi connectivity index (χ1) is 16.2. The number of likely N-dealkylation sites (tertiary alicyclic amines) is 1. The zero-order valence-corrected chi connectivity index (χ0v) is 18.7. The summed E-state index contributed by atoms with van der Waals surface area (Å²) < 4.78 is 44.4. The third-order valence-corrected chi connectivity index (χ3v) is 6.52. The van der Waals surface area contributed by atoms with Crippen molar-refractivity contribution < 1.29 is 22.7 Å². The van der Waals surface area contributed by atoms with Gasteiger partial charge in [0.2, 0.25) is 5.88 Å². The number of hydrogen-bond donors (Lipinski definition) is 0. The number of alkyl halides is 3. The van der Waals surface area contributed by atoms with E-state index in [0.29, 0.717) is 23.5 Å². The molecule has 34 heavy (non-hydrogen) atoms. The summed E-state index contributed by atoms with van der Waals surface area (Å²) >= 11 is 0. The smallest absolute Gasteiger partial charge is 0.417 e. The lowest BCUT2D eigenvalue weighted by Gasteiger charge is -2.33. The van der Waals surface area contributed by atoms with Gasteiger partial charge in [-0.05, 0) is 62.4 Å². The molecule has 3 atom stereocenters. The zero-order chi connectivity index (χ0) is 24.0. The molecule has 2 aliphatic rings. The highest BCUT2D eigenvalue weighted by atomic mass is 19.4. The number of carbonyl (C=O) groups is 1. The van der Waals surface area contributed by atoms with Gasteiger partial charge in [-0.25, -0.2) is 4.98 Å². The van der Waals surface area contributed by atoms with Gasteiger partial charge in [-0.2, -0.15) is 13.2 Å². The third-order valence-electron chi connectivity index (χ3n) is 6.52. The molecule has 0 N–H and O–H groups in total. The molecule has 0 radical (unpaired) electrons. The normalized spacial score (nSPS) is 21.7. The fourth-order valence-electron chi connectivity index (χ4n) is 4.90. The minimum Gasteiger partial charge on any atom is -0.472 e. The van der Waals surface area contributed by atoms with E-state index in [9.17, 15) is 18.0 Å². The number of piperidine rings is 1. The molecule has 2 bridgehead atoms. The first kappa shape index (κ1) is 22.3. The van der Waals surface area contributed by atoms with Gasteiger partial charge < -0.3 is 9.64 Å². The van der Waals surface area contributed by atoms with Crippen LogP contribution in [0.2, 0.25) is 0 Å². The zero-order valence-electron chi connectivity index (χ0n) is 18.7. The Morgan fingerprint density at radius 2 is 1.88 bits per heavy atom. The van der Waals surface area contributed by atoms with E-state index in [0.717, 1.165) is 36.4 Å². The largest absolute Gasteiger partial charge is 0.472 e. The summed E-state index contributed by atoms with van der Waals surface area (Å²) in [6, 6.07) is 9.37. The van der Waals surface area contributed by atoms with Gasteiger partial charge in [0.05, 0.1) is 22.9 Å². The van der Waals surface area contributed by atoms with Crippen molar-refractivity contribution in [2.45, 2.75) is 45.0 Å². The van der Waals surface area contributed by atoms with Crippen LogP contribution in [0.15, 0.2) is 48.8 Å². The highest BCUT2D eigenvalue weighted by Gasteiger charge is 2.49. The average Bonchev–Trinajstić information content (AvgIpc) is 3.39. The number of aromatic nitrogens is 3. The first-order valence-corrected chi connectivity index (χ1v) is 11.1. The summed E-state index contributed by atoms with van der Waals surface area (Å²) in [6.45, 7) is 4.41. The van der Waals surface area contributed by atoms with Crippen molar-refractivity contribution in [3.63, 3.8) is 0 Å². The lowest BCUT2D eigenvalue weighted by Crippen LogP contribution is -2.47. The number of pyridine rings is 3. The average molecular weight is 468 g/mol. The van der Waals surface area contributed by atoms with E-state index in [1.807, 2.05) is 32.0 Å². The molecule has 6 nitrogen and oxygen atoms in total.